The maximum Gasteiger partial charge on any atom is 0.343 e. The van der Waals surface area contributed by atoms with Gasteiger partial charge in [0.25, 0.3) is 0 Å². The molecule has 6 nitrogen and oxygen atoms in total. The molecule has 29 heavy (non-hydrogen) atoms. The molecule has 1 aliphatic rings. The third-order valence-electron chi connectivity index (χ3n) is 4.51. The molecule has 0 amide bonds. The fourth-order valence-corrected chi connectivity index (χ4v) is 2.91. The van der Waals surface area contributed by atoms with Crippen LogP contribution < -0.4 is 9.47 Å². The molecule has 1 heterocycles. The number of rotatable bonds is 6. The Morgan fingerprint density at radius 1 is 1.10 bits per heavy atom. The van der Waals surface area contributed by atoms with Crippen molar-refractivity contribution in [1.82, 2.24) is 0 Å². The first-order valence-corrected chi connectivity index (χ1v) is 9.52. The van der Waals surface area contributed by atoms with Gasteiger partial charge in [-0.25, -0.2) is 9.59 Å². The highest BCUT2D eigenvalue weighted by Crippen LogP contribution is 2.23. The lowest BCUT2D eigenvalue weighted by molar-refractivity contribution is -0.134. The van der Waals surface area contributed by atoms with Crippen LogP contribution in [0.4, 0.5) is 0 Å². The van der Waals surface area contributed by atoms with Crippen LogP contribution in [0.15, 0.2) is 48.5 Å². The number of carbonyl (C=O) groups is 2. The van der Waals surface area contributed by atoms with Gasteiger partial charge >= 0.3 is 11.9 Å². The van der Waals surface area contributed by atoms with Gasteiger partial charge in [-0.3, -0.25) is 0 Å². The first kappa shape index (κ1) is 20.6. The average molecular weight is 396 g/mol. The molecule has 0 aromatic heterocycles. The maximum atomic E-state index is 12.4. The van der Waals surface area contributed by atoms with Crippen LogP contribution in [0.1, 0.15) is 40.7 Å². The van der Waals surface area contributed by atoms with Crippen molar-refractivity contribution < 1.29 is 28.5 Å². The Morgan fingerprint density at radius 3 is 2.55 bits per heavy atom. The van der Waals surface area contributed by atoms with E-state index in [0.29, 0.717) is 23.7 Å². The van der Waals surface area contributed by atoms with Crippen molar-refractivity contribution >= 4 is 18.0 Å². The number of carbonyl (C=O) groups excluding carboxylic acids is 2. The Balaban J connectivity index is 1.60. The molecule has 1 aliphatic heterocycles. The van der Waals surface area contributed by atoms with Crippen molar-refractivity contribution in [2.45, 2.75) is 32.5 Å². The molecule has 2 aromatic rings. The molecular weight excluding hydrogens is 372 g/mol. The summed E-state index contributed by atoms with van der Waals surface area (Å²) >= 11 is 0. The van der Waals surface area contributed by atoms with E-state index >= 15 is 0 Å². The Morgan fingerprint density at radius 2 is 1.90 bits per heavy atom. The summed E-state index contributed by atoms with van der Waals surface area (Å²) in [6.07, 6.45) is 5.77. The summed E-state index contributed by atoms with van der Waals surface area (Å²) in [5.41, 5.74) is 2.01. The smallest absolute Gasteiger partial charge is 0.343 e. The molecule has 0 bridgehead atoms. The van der Waals surface area contributed by atoms with Crippen LogP contribution in [-0.2, 0) is 14.3 Å². The SMILES string of the molecule is COC(=O)/C=C/c1ccc(OC(=O)c2ccc(OC3CCCCO3)cc2)c(C)c1. The monoisotopic (exact) mass is 396 g/mol. The number of hydrogen-bond donors (Lipinski definition) is 0. The van der Waals surface area contributed by atoms with Crippen LogP contribution in [0.5, 0.6) is 11.5 Å². The summed E-state index contributed by atoms with van der Waals surface area (Å²) in [5.74, 6) is 0.236. The molecule has 1 saturated heterocycles. The normalized spacial score (nSPS) is 16.4. The van der Waals surface area contributed by atoms with Crippen molar-refractivity contribution in [3.8, 4) is 11.5 Å². The zero-order valence-corrected chi connectivity index (χ0v) is 16.6. The molecule has 3 rings (SSSR count). The summed E-state index contributed by atoms with van der Waals surface area (Å²) in [7, 11) is 1.32. The van der Waals surface area contributed by atoms with Gasteiger partial charge in [-0.05, 0) is 73.4 Å². The summed E-state index contributed by atoms with van der Waals surface area (Å²) in [4.78, 5) is 23.6. The fourth-order valence-electron chi connectivity index (χ4n) is 2.91. The molecule has 0 saturated carbocycles. The minimum absolute atomic E-state index is 0.226. The van der Waals surface area contributed by atoms with Crippen LogP contribution >= 0.6 is 0 Å². The third-order valence-corrected chi connectivity index (χ3v) is 4.51. The minimum atomic E-state index is -0.452. The second-order valence-electron chi connectivity index (χ2n) is 6.71. The lowest BCUT2D eigenvalue weighted by Crippen LogP contribution is -2.24. The van der Waals surface area contributed by atoms with Crippen LogP contribution in [0, 0.1) is 6.92 Å². The second kappa shape index (κ2) is 9.89. The second-order valence-corrected chi connectivity index (χ2v) is 6.71. The molecular formula is C23H24O6. The van der Waals surface area contributed by atoms with Gasteiger partial charge in [0.1, 0.15) is 11.5 Å². The van der Waals surface area contributed by atoms with E-state index in [-0.39, 0.29) is 6.29 Å². The van der Waals surface area contributed by atoms with Gasteiger partial charge in [0, 0.05) is 12.5 Å². The molecule has 0 N–H and O–H groups in total. The van der Waals surface area contributed by atoms with E-state index in [1.165, 1.54) is 13.2 Å². The molecule has 1 atom stereocenters. The van der Waals surface area contributed by atoms with Gasteiger partial charge in [0.05, 0.1) is 19.3 Å². The Kier molecular flexibility index (Phi) is 7.03. The first-order chi connectivity index (χ1) is 14.0. The van der Waals surface area contributed by atoms with E-state index in [1.54, 1.807) is 42.5 Å². The lowest BCUT2D eigenvalue weighted by Gasteiger charge is -2.23. The van der Waals surface area contributed by atoms with Gasteiger partial charge in [0.15, 0.2) is 6.29 Å². The van der Waals surface area contributed by atoms with Gasteiger partial charge in [-0.2, -0.15) is 0 Å². The molecule has 6 heteroatoms. The van der Waals surface area contributed by atoms with Gasteiger partial charge in [-0.15, -0.1) is 0 Å². The van der Waals surface area contributed by atoms with E-state index in [1.807, 2.05) is 13.0 Å². The molecule has 1 fully saturated rings. The standard InChI is InChI=1S/C23H24O6/c1-16-15-17(7-13-21(24)26-2)6-12-20(16)29-23(25)18-8-10-19(11-9-18)28-22-5-3-4-14-27-22/h6-13,15,22H,3-5,14H2,1-2H3/b13-7+. The zero-order chi connectivity index (χ0) is 20.6. The van der Waals surface area contributed by atoms with Gasteiger partial charge in [-0.1, -0.05) is 6.07 Å². The molecule has 0 radical (unpaired) electrons. The van der Waals surface area contributed by atoms with Gasteiger partial charge < -0.3 is 18.9 Å². The highest BCUT2D eigenvalue weighted by Gasteiger charge is 2.16. The molecule has 1 unspecified atom stereocenters. The van der Waals surface area contributed by atoms with E-state index in [4.69, 9.17) is 14.2 Å². The summed E-state index contributed by atoms with van der Waals surface area (Å²) in [6, 6.07) is 12.1. The predicted octanol–water partition coefficient (Wildman–Crippen LogP) is 4.31. The van der Waals surface area contributed by atoms with Crippen LogP contribution in [0.3, 0.4) is 0 Å². The number of ether oxygens (including phenoxy) is 4. The van der Waals surface area contributed by atoms with Crippen LogP contribution in [0.25, 0.3) is 6.08 Å². The van der Waals surface area contributed by atoms with Crippen LogP contribution in [0.2, 0.25) is 0 Å². The van der Waals surface area contributed by atoms with Crippen LogP contribution in [-0.4, -0.2) is 31.9 Å². The minimum Gasteiger partial charge on any atom is -0.466 e. The third kappa shape index (κ3) is 5.93. The van der Waals surface area contributed by atoms with E-state index in [9.17, 15) is 9.59 Å². The first-order valence-electron chi connectivity index (χ1n) is 9.52. The number of hydrogen-bond acceptors (Lipinski definition) is 6. The van der Waals surface area contributed by atoms with Crippen molar-refractivity contribution in [2.24, 2.45) is 0 Å². The van der Waals surface area contributed by atoms with Crippen molar-refractivity contribution in [1.29, 1.82) is 0 Å². The molecule has 152 valence electrons. The zero-order valence-electron chi connectivity index (χ0n) is 16.6. The van der Waals surface area contributed by atoms with Gasteiger partial charge in [0.2, 0.25) is 0 Å². The number of benzene rings is 2. The highest BCUT2D eigenvalue weighted by atomic mass is 16.7. The Labute approximate surface area is 170 Å². The predicted molar refractivity (Wildman–Crippen MR) is 108 cm³/mol. The van der Waals surface area contributed by atoms with E-state index in [2.05, 4.69) is 4.74 Å². The Bertz CT molecular complexity index is 879. The quantitative estimate of drug-likeness (QED) is 0.412. The molecule has 0 spiro atoms. The van der Waals surface area contributed by atoms with Crippen molar-refractivity contribution in [3.63, 3.8) is 0 Å². The highest BCUT2D eigenvalue weighted by molar-refractivity contribution is 5.91. The Hall–Kier alpha value is -3.12. The number of aryl methyl sites for hydroxylation is 1. The van der Waals surface area contributed by atoms with Crippen molar-refractivity contribution in [2.75, 3.05) is 13.7 Å². The van der Waals surface area contributed by atoms with Crippen molar-refractivity contribution in [3.05, 3.63) is 65.2 Å². The summed E-state index contributed by atoms with van der Waals surface area (Å²) in [5, 5.41) is 0. The largest absolute Gasteiger partial charge is 0.466 e. The average Bonchev–Trinajstić information content (AvgIpc) is 2.75. The van der Waals surface area contributed by atoms with E-state index < -0.39 is 11.9 Å². The van der Waals surface area contributed by atoms with E-state index in [0.717, 1.165) is 30.4 Å². The fraction of sp³-hybridized carbons (Fsp3) is 0.304. The topological polar surface area (TPSA) is 71.1 Å². The summed E-state index contributed by atoms with van der Waals surface area (Å²) in [6.45, 7) is 2.55. The molecule has 2 aromatic carbocycles. The summed E-state index contributed by atoms with van der Waals surface area (Å²) < 4.78 is 21.4. The maximum absolute atomic E-state index is 12.4. The molecule has 0 aliphatic carbocycles. The lowest BCUT2D eigenvalue weighted by atomic mass is 10.1. The number of methoxy groups -OCH3 is 1. The number of esters is 2.